The van der Waals surface area contributed by atoms with Crippen LogP contribution in [0.2, 0.25) is 0 Å². The van der Waals surface area contributed by atoms with E-state index in [1.165, 1.54) is 0 Å². The molecular weight excluding hydrogens is 258 g/mol. The van der Waals surface area contributed by atoms with Gasteiger partial charge in [0.25, 0.3) is 5.91 Å². The van der Waals surface area contributed by atoms with Gasteiger partial charge in [-0.2, -0.15) is 0 Å². The summed E-state index contributed by atoms with van der Waals surface area (Å²) in [7, 11) is 0. The fourth-order valence-corrected chi connectivity index (χ4v) is 1.50. The van der Waals surface area contributed by atoms with Crippen LogP contribution < -0.4 is 16.4 Å². The monoisotopic (exact) mass is 279 g/mol. The summed E-state index contributed by atoms with van der Waals surface area (Å²) >= 11 is 0. The summed E-state index contributed by atoms with van der Waals surface area (Å²) in [4.78, 5) is 23.4. The van der Waals surface area contributed by atoms with Crippen LogP contribution in [0.1, 0.15) is 24.2 Å². The number of rotatable bonds is 6. The number of carbonyl (C=O) groups is 2. The van der Waals surface area contributed by atoms with Gasteiger partial charge in [-0.25, -0.2) is 0 Å². The van der Waals surface area contributed by atoms with Crippen molar-refractivity contribution in [2.75, 3.05) is 18.5 Å². The molecule has 0 radical (unpaired) electrons. The lowest BCUT2D eigenvalue weighted by molar-refractivity contribution is -0.118. The van der Waals surface area contributed by atoms with E-state index in [9.17, 15) is 9.59 Å². The van der Waals surface area contributed by atoms with Crippen molar-refractivity contribution in [2.45, 2.75) is 19.9 Å². The van der Waals surface area contributed by atoms with Gasteiger partial charge >= 0.3 is 0 Å². The average molecular weight is 279 g/mol. The molecule has 0 saturated carbocycles. The second-order valence-electron chi connectivity index (χ2n) is 4.82. The topological polar surface area (TPSA) is 104 Å². The highest BCUT2D eigenvalue weighted by Crippen LogP contribution is 2.11. The van der Waals surface area contributed by atoms with Crippen LogP contribution in [-0.2, 0) is 4.79 Å². The average Bonchev–Trinajstić information content (AvgIpc) is 2.44. The molecule has 0 spiro atoms. The third-order valence-corrected chi connectivity index (χ3v) is 2.83. The molecule has 0 fully saturated rings. The van der Waals surface area contributed by atoms with Gasteiger partial charge in [-0.15, -0.1) is 0 Å². The number of nitrogens with one attached hydrogen (secondary N) is 2. The van der Waals surface area contributed by atoms with Crippen molar-refractivity contribution in [3.8, 4) is 0 Å². The molecule has 0 aliphatic carbocycles. The molecular formula is C14H21N3O3. The molecule has 5 N–H and O–H groups in total. The second-order valence-corrected chi connectivity index (χ2v) is 4.82. The molecule has 0 aliphatic heterocycles. The molecule has 1 aromatic carbocycles. The zero-order chi connectivity index (χ0) is 15.1. The third kappa shape index (κ3) is 4.64. The van der Waals surface area contributed by atoms with Gasteiger partial charge in [-0.1, -0.05) is 13.8 Å². The number of amides is 2. The summed E-state index contributed by atoms with van der Waals surface area (Å²) in [5, 5.41) is 13.9. The summed E-state index contributed by atoms with van der Waals surface area (Å²) < 4.78 is 0. The zero-order valence-electron chi connectivity index (χ0n) is 11.7. The molecule has 1 aromatic rings. The van der Waals surface area contributed by atoms with E-state index in [2.05, 4.69) is 10.6 Å². The molecule has 0 unspecified atom stereocenters. The maximum absolute atomic E-state index is 11.8. The highest BCUT2D eigenvalue weighted by atomic mass is 16.3. The molecule has 0 aliphatic rings. The van der Waals surface area contributed by atoms with Crippen LogP contribution in [0.5, 0.6) is 0 Å². The molecule has 2 amide bonds. The van der Waals surface area contributed by atoms with Gasteiger partial charge in [0.05, 0.1) is 12.6 Å². The largest absolute Gasteiger partial charge is 0.395 e. The predicted molar refractivity (Wildman–Crippen MR) is 77.3 cm³/mol. The SMILES string of the molecule is CC(C)[C@H](N)C(=O)Nc1ccc(C(=O)NCCO)cc1. The Bertz CT molecular complexity index is 457. The first kappa shape index (κ1) is 16.1. The standard InChI is InChI=1S/C14H21N3O3/c1-9(2)12(15)14(20)17-11-5-3-10(4-6-11)13(19)16-7-8-18/h3-6,9,12,18H,7-8,15H2,1-2H3,(H,16,19)(H,17,20)/t12-/m0/s1. The minimum Gasteiger partial charge on any atom is -0.395 e. The number of carbonyl (C=O) groups excluding carboxylic acids is 2. The lowest BCUT2D eigenvalue weighted by atomic mass is 10.0. The van der Waals surface area contributed by atoms with Gasteiger partial charge in [0, 0.05) is 17.8 Å². The van der Waals surface area contributed by atoms with E-state index in [1.54, 1.807) is 24.3 Å². The summed E-state index contributed by atoms with van der Waals surface area (Å²) in [5.74, 6) is -0.466. The van der Waals surface area contributed by atoms with E-state index < -0.39 is 6.04 Å². The summed E-state index contributed by atoms with van der Waals surface area (Å²) in [6, 6.07) is 5.91. The number of nitrogens with two attached hydrogens (primary N) is 1. The fourth-order valence-electron chi connectivity index (χ4n) is 1.50. The smallest absolute Gasteiger partial charge is 0.251 e. The number of hydrogen-bond donors (Lipinski definition) is 4. The molecule has 0 aromatic heterocycles. The number of anilines is 1. The summed E-state index contributed by atoms with van der Waals surface area (Å²) in [5.41, 5.74) is 6.79. The summed E-state index contributed by atoms with van der Waals surface area (Å²) in [6.45, 7) is 3.85. The van der Waals surface area contributed by atoms with Crippen LogP contribution in [0.3, 0.4) is 0 Å². The molecule has 6 nitrogen and oxygen atoms in total. The van der Waals surface area contributed by atoms with E-state index in [0.717, 1.165) is 0 Å². The Morgan fingerprint density at radius 1 is 1.25 bits per heavy atom. The van der Waals surface area contributed by atoms with Crippen LogP contribution in [0, 0.1) is 5.92 Å². The number of benzene rings is 1. The predicted octanol–water partition coefficient (Wildman–Crippen LogP) is 0.330. The molecule has 0 saturated heterocycles. The molecule has 6 heteroatoms. The Balaban J connectivity index is 2.63. The van der Waals surface area contributed by atoms with Crippen LogP contribution in [0.15, 0.2) is 24.3 Å². The lowest BCUT2D eigenvalue weighted by Crippen LogP contribution is -2.39. The quantitative estimate of drug-likeness (QED) is 0.602. The first-order valence-electron chi connectivity index (χ1n) is 6.51. The van der Waals surface area contributed by atoms with Gasteiger partial charge in [0.2, 0.25) is 5.91 Å². The van der Waals surface area contributed by atoms with Crippen molar-refractivity contribution in [1.82, 2.24) is 5.32 Å². The van der Waals surface area contributed by atoms with Gasteiger partial charge in [0.1, 0.15) is 0 Å². The van der Waals surface area contributed by atoms with Crippen molar-refractivity contribution in [1.29, 1.82) is 0 Å². The van der Waals surface area contributed by atoms with Gasteiger partial charge in [0.15, 0.2) is 0 Å². The highest BCUT2D eigenvalue weighted by molar-refractivity contribution is 5.97. The van der Waals surface area contributed by atoms with Crippen LogP contribution in [0.4, 0.5) is 5.69 Å². The molecule has 0 bridgehead atoms. The Hall–Kier alpha value is -1.92. The number of hydrogen-bond acceptors (Lipinski definition) is 4. The van der Waals surface area contributed by atoms with Crippen molar-refractivity contribution < 1.29 is 14.7 Å². The maximum atomic E-state index is 11.8. The Morgan fingerprint density at radius 2 is 1.85 bits per heavy atom. The normalized spacial score (nSPS) is 12.1. The molecule has 0 heterocycles. The minimum atomic E-state index is -0.567. The van der Waals surface area contributed by atoms with Gasteiger partial charge < -0.3 is 21.5 Å². The highest BCUT2D eigenvalue weighted by Gasteiger charge is 2.17. The summed E-state index contributed by atoms with van der Waals surface area (Å²) in [6.07, 6.45) is 0. The second kappa shape index (κ2) is 7.62. The molecule has 110 valence electrons. The number of aliphatic hydroxyl groups excluding tert-OH is 1. The minimum absolute atomic E-state index is 0.0542. The van der Waals surface area contributed by atoms with Gasteiger partial charge in [-0.3, -0.25) is 9.59 Å². The van der Waals surface area contributed by atoms with E-state index in [0.29, 0.717) is 11.3 Å². The Morgan fingerprint density at radius 3 is 2.35 bits per heavy atom. The number of aliphatic hydroxyl groups is 1. The fraction of sp³-hybridized carbons (Fsp3) is 0.429. The third-order valence-electron chi connectivity index (χ3n) is 2.83. The Labute approximate surface area is 118 Å². The van der Waals surface area contributed by atoms with Crippen molar-refractivity contribution >= 4 is 17.5 Å². The van der Waals surface area contributed by atoms with Crippen molar-refractivity contribution in [3.63, 3.8) is 0 Å². The Kier molecular flexibility index (Phi) is 6.14. The van der Waals surface area contributed by atoms with Crippen molar-refractivity contribution in [2.24, 2.45) is 11.7 Å². The first-order chi connectivity index (χ1) is 9.45. The van der Waals surface area contributed by atoms with Crippen LogP contribution >= 0.6 is 0 Å². The van der Waals surface area contributed by atoms with E-state index >= 15 is 0 Å². The lowest BCUT2D eigenvalue weighted by Gasteiger charge is -2.15. The van der Waals surface area contributed by atoms with Gasteiger partial charge in [-0.05, 0) is 30.2 Å². The zero-order valence-corrected chi connectivity index (χ0v) is 11.7. The van der Waals surface area contributed by atoms with Crippen LogP contribution in [-0.4, -0.2) is 36.1 Å². The molecule has 1 rings (SSSR count). The van der Waals surface area contributed by atoms with E-state index in [-0.39, 0.29) is 30.9 Å². The maximum Gasteiger partial charge on any atom is 0.251 e. The van der Waals surface area contributed by atoms with E-state index in [4.69, 9.17) is 10.8 Å². The van der Waals surface area contributed by atoms with Crippen LogP contribution in [0.25, 0.3) is 0 Å². The molecule has 20 heavy (non-hydrogen) atoms. The van der Waals surface area contributed by atoms with Crippen molar-refractivity contribution in [3.05, 3.63) is 29.8 Å². The first-order valence-corrected chi connectivity index (χ1v) is 6.51. The molecule has 1 atom stereocenters. The van der Waals surface area contributed by atoms with E-state index in [1.807, 2.05) is 13.8 Å².